The zero-order valence-corrected chi connectivity index (χ0v) is 11.8. The third kappa shape index (κ3) is 3.79. The molecule has 2 rings (SSSR count). The van der Waals surface area contributed by atoms with Crippen LogP contribution in [0.3, 0.4) is 0 Å². The maximum atomic E-state index is 13.5. The summed E-state index contributed by atoms with van der Waals surface area (Å²) in [5, 5.41) is 12.7. The number of benzene rings is 1. The van der Waals surface area contributed by atoms with E-state index in [0.29, 0.717) is 5.92 Å². The van der Waals surface area contributed by atoms with Gasteiger partial charge in [-0.2, -0.15) is 0 Å². The standard InChI is InChI=1S/C16H22FNO2/c1-11-6-8-12(9-7-11)16(20)18-10-15(19)13-4-2-3-5-14(13)17/h2-5,11-12,15,19H,6-10H2,1H3,(H,18,20). The van der Waals surface area contributed by atoms with Crippen LogP contribution in [0.2, 0.25) is 0 Å². The van der Waals surface area contributed by atoms with Gasteiger partial charge in [0.25, 0.3) is 0 Å². The van der Waals surface area contributed by atoms with Gasteiger partial charge in [0.2, 0.25) is 5.91 Å². The molecule has 1 aliphatic carbocycles. The van der Waals surface area contributed by atoms with Crippen molar-refractivity contribution in [2.75, 3.05) is 6.54 Å². The molecule has 1 aromatic rings. The summed E-state index contributed by atoms with van der Waals surface area (Å²) in [4.78, 5) is 12.0. The Hall–Kier alpha value is -1.42. The minimum Gasteiger partial charge on any atom is -0.386 e. The number of aliphatic hydroxyl groups excluding tert-OH is 1. The van der Waals surface area contributed by atoms with E-state index in [2.05, 4.69) is 12.2 Å². The molecule has 0 spiro atoms. The Morgan fingerprint density at radius 3 is 2.65 bits per heavy atom. The number of amides is 1. The number of halogens is 1. The molecule has 1 unspecified atom stereocenters. The quantitative estimate of drug-likeness (QED) is 0.890. The summed E-state index contributed by atoms with van der Waals surface area (Å²) in [7, 11) is 0. The third-order valence-corrected chi connectivity index (χ3v) is 4.12. The molecule has 0 heterocycles. The van der Waals surface area contributed by atoms with Crippen molar-refractivity contribution < 1.29 is 14.3 Å². The minimum absolute atomic E-state index is 0.0210. The molecule has 3 nitrogen and oxygen atoms in total. The highest BCUT2D eigenvalue weighted by Gasteiger charge is 2.24. The van der Waals surface area contributed by atoms with E-state index >= 15 is 0 Å². The molecule has 2 N–H and O–H groups in total. The van der Waals surface area contributed by atoms with Crippen LogP contribution in [0.4, 0.5) is 4.39 Å². The lowest BCUT2D eigenvalue weighted by atomic mass is 9.82. The zero-order valence-electron chi connectivity index (χ0n) is 11.8. The maximum absolute atomic E-state index is 13.5. The predicted molar refractivity (Wildman–Crippen MR) is 75.5 cm³/mol. The SMILES string of the molecule is CC1CCC(C(=O)NCC(O)c2ccccc2F)CC1. The molecule has 0 aromatic heterocycles. The van der Waals surface area contributed by atoms with Gasteiger partial charge in [-0.05, 0) is 37.7 Å². The van der Waals surface area contributed by atoms with E-state index in [-0.39, 0.29) is 23.9 Å². The molecule has 0 bridgehead atoms. The fourth-order valence-corrected chi connectivity index (χ4v) is 2.72. The van der Waals surface area contributed by atoms with Crippen LogP contribution in [0.5, 0.6) is 0 Å². The third-order valence-electron chi connectivity index (χ3n) is 4.12. The highest BCUT2D eigenvalue weighted by atomic mass is 19.1. The van der Waals surface area contributed by atoms with E-state index < -0.39 is 11.9 Å². The molecule has 0 aliphatic heterocycles. The second-order valence-corrected chi connectivity index (χ2v) is 5.74. The predicted octanol–water partition coefficient (Wildman–Crippen LogP) is 2.80. The Morgan fingerprint density at radius 2 is 2.00 bits per heavy atom. The topological polar surface area (TPSA) is 49.3 Å². The van der Waals surface area contributed by atoms with Gasteiger partial charge in [-0.15, -0.1) is 0 Å². The first-order valence-electron chi connectivity index (χ1n) is 7.28. The number of rotatable bonds is 4. The molecule has 0 saturated heterocycles. The number of carbonyl (C=O) groups is 1. The summed E-state index contributed by atoms with van der Waals surface area (Å²) in [6, 6.07) is 6.09. The van der Waals surface area contributed by atoms with Crippen LogP contribution in [0.25, 0.3) is 0 Å². The summed E-state index contributed by atoms with van der Waals surface area (Å²) < 4.78 is 13.5. The van der Waals surface area contributed by atoms with Crippen molar-refractivity contribution in [2.24, 2.45) is 11.8 Å². The summed E-state index contributed by atoms with van der Waals surface area (Å²) in [5.74, 6) is 0.273. The van der Waals surface area contributed by atoms with Gasteiger partial charge in [0.05, 0.1) is 6.10 Å². The molecular weight excluding hydrogens is 257 g/mol. The molecule has 110 valence electrons. The molecular formula is C16H22FNO2. The van der Waals surface area contributed by atoms with Gasteiger partial charge in [-0.3, -0.25) is 4.79 Å². The van der Waals surface area contributed by atoms with Gasteiger partial charge in [-0.1, -0.05) is 25.1 Å². The Kier molecular flexibility index (Phi) is 5.12. The van der Waals surface area contributed by atoms with Crippen LogP contribution in [0, 0.1) is 17.7 Å². The molecule has 1 aliphatic rings. The van der Waals surface area contributed by atoms with E-state index in [1.165, 1.54) is 12.1 Å². The molecule has 1 aromatic carbocycles. The summed E-state index contributed by atoms with van der Waals surface area (Å²) in [6.45, 7) is 2.27. The molecule has 1 fully saturated rings. The van der Waals surface area contributed by atoms with Crippen molar-refractivity contribution in [3.63, 3.8) is 0 Å². The minimum atomic E-state index is -0.998. The maximum Gasteiger partial charge on any atom is 0.223 e. The average Bonchev–Trinajstić information content (AvgIpc) is 2.45. The van der Waals surface area contributed by atoms with Gasteiger partial charge in [-0.25, -0.2) is 4.39 Å². The largest absolute Gasteiger partial charge is 0.386 e. The van der Waals surface area contributed by atoms with Gasteiger partial charge < -0.3 is 10.4 Å². The molecule has 4 heteroatoms. The van der Waals surface area contributed by atoms with E-state index in [0.717, 1.165) is 25.7 Å². The van der Waals surface area contributed by atoms with Crippen molar-refractivity contribution in [2.45, 2.75) is 38.7 Å². The summed E-state index contributed by atoms with van der Waals surface area (Å²) in [5.41, 5.74) is 0.227. The monoisotopic (exact) mass is 279 g/mol. The van der Waals surface area contributed by atoms with Crippen molar-refractivity contribution in [3.05, 3.63) is 35.6 Å². The van der Waals surface area contributed by atoms with Crippen molar-refractivity contribution >= 4 is 5.91 Å². The lowest BCUT2D eigenvalue weighted by Gasteiger charge is -2.25. The van der Waals surface area contributed by atoms with Crippen LogP contribution in [0.1, 0.15) is 44.3 Å². The van der Waals surface area contributed by atoms with Gasteiger partial charge >= 0.3 is 0 Å². The van der Waals surface area contributed by atoms with E-state index in [1.54, 1.807) is 12.1 Å². The second kappa shape index (κ2) is 6.84. The van der Waals surface area contributed by atoms with Crippen molar-refractivity contribution in [1.29, 1.82) is 0 Å². The normalized spacial score (nSPS) is 24.1. The van der Waals surface area contributed by atoms with Crippen LogP contribution < -0.4 is 5.32 Å². The molecule has 1 saturated carbocycles. The Morgan fingerprint density at radius 1 is 1.35 bits per heavy atom. The lowest BCUT2D eigenvalue weighted by Crippen LogP contribution is -2.35. The van der Waals surface area contributed by atoms with Gasteiger partial charge in [0.15, 0.2) is 0 Å². The Labute approximate surface area is 119 Å². The van der Waals surface area contributed by atoms with Crippen LogP contribution in [0.15, 0.2) is 24.3 Å². The van der Waals surface area contributed by atoms with Gasteiger partial charge in [0, 0.05) is 18.0 Å². The number of hydrogen-bond donors (Lipinski definition) is 2. The van der Waals surface area contributed by atoms with Gasteiger partial charge in [0.1, 0.15) is 5.82 Å². The summed E-state index contributed by atoms with van der Waals surface area (Å²) in [6.07, 6.45) is 2.97. The van der Waals surface area contributed by atoms with E-state index in [9.17, 15) is 14.3 Å². The first-order chi connectivity index (χ1) is 9.58. The zero-order chi connectivity index (χ0) is 14.5. The number of hydrogen-bond acceptors (Lipinski definition) is 2. The Bertz CT molecular complexity index is 456. The summed E-state index contributed by atoms with van der Waals surface area (Å²) >= 11 is 0. The first-order valence-corrected chi connectivity index (χ1v) is 7.28. The molecule has 1 amide bonds. The van der Waals surface area contributed by atoms with Crippen LogP contribution in [-0.2, 0) is 4.79 Å². The highest BCUT2D eigenvalue weighted by Crippen LogP contribution is 2.28. The number of carbonyl (C=O) groups excluding carboxylic acids is 1. The number of aliphatic hydroxyl groups is 1. The number of nitrogens with one attached hydrogen (secondary N) is 1. The second-order valence-electron chi connectivity index (χ2n) is 5.74. The van der Waals surface area contributed by atoms with Crippen LogP contribution in [-0.4, -0.2) is 17.6 Å². The van der Waals surface area contributed by atoms with E-state index in [4.69, 9.17) is 0 Å². The smallest absolute Gasteiger partial charge is 0.223 e. The fraction of sp³-hybridized carbons (Fsp3) is 0.562. The fourth-order valence-electron chi connectivity index (χ4n) is 2.72. The molecule has 20 heavy (non-hydrogen) atoms. The van der Waals surface area contributed by atoms with Crippen molar-refractivity contribution in [1.82, 2.24) is 5.32 Å². The van der Waals surface area contributed by atoms with E-state index in [1.807, 2.05) is 0 Å². The first kappa shape index (κ1) is 15.0. The highest BCUT2D eigenvalue weighted by molar-refractivity contribution is 5.78. The molecule has 1 atom stereocenters. The van der Waals surface area contributed by atoms with Crippen LogP contribution >= 0.6 is 0 Å². The Balaban J connectivity index is 1.83. The molecule has 0 radical (unpaired) electrons. The average molecular weight is 279 g/mol. The lowest BCUT2D eigenvalue weighted by molar-refractivity contribution is -0.126. The van der Waals surface area contributed by atoms with Crippen molar-refractivity contribution in [3.8, 4) is 0 Å².